The largest absolute Gasteiger partial charge is 0.368 e. The van der Waals surface area contributed by atoms with E-state index in [1.807, 2.05) is 48.5 Å². The van der Waals surface area contributed by atoms with Crippen LogP contribution in [0, 0.1) is 0 Å². The van der Waals surface area contributed by atoms with E-state index in [9.17, 15) is 9.59 Å². The number of carbonyl (C=O) groups is 2. The standard InChI is InChI=1S/C26H23BrN6O2.ClH/c27-22-10-5-18(25(34)32-19-6-1-16(2-7-19)23-28-11-12-29-23)15-21(22)26(35)33-20-8-3-17(4-9-20)24-30-13-14-31-24;/h1-10,15H,11-14H2,(H,28,29)(H,30,31)(H,32,34)(H,33,35);1H. The van der Waals surface area contributed by atoms with E-state index in [1.165, 1.54) is 0 Å². The number of halogens is 2. The summed E-state index contributed by atoms with van der Waals surface area (Å²) in [6, 6.07) is 19.9. The zero-order chi connectivity index (χ0) is 24.2. The van der Waals surface area contributed by atoms with Crippen LogP contribution in [0.5, 0.6) is 0 Å². The van der Waals surface area contributed by atoms with E-state index < -0.39 is 0 Å². The molecule has 10 heteroatoms. The second kappa shape index (κ2) is 11.4. The Labute approximate surface area is 223 Å². The van der Waals surface area contributed by atoms with Gasteiger partial charge in [0, 0.05) is 45.6 Å². The third kappa shape index (κ3) is 5.75. The number of nitrogens with zero attached hydrogens (tertiary/aromatic N) is 2. The number of aliphatic imine (C=N–C) groups is 2. The van der Waals surface area contributed by atoms with Crippen molar-refractivity contribution in [2.45, 2.75) is 0 Å². The highest BCUT2D eigenvalue weighted by Gasteiger charge is 2.16. The molecule has 5 rings (SSSR count). The summed E-state index contributed by atoms with van der Waals surface area (Å²) in [5, 5.41) is 12.2. The molecule has 3 aromatic rings. The number of amides is 2. The molecule has 0 aliphatic carbocycles. The number of anilines is 2. The molecule has 0 atom stereocenters. The van der Waals surface area contributed by atoms with Gasteiger partial charge >= 0.3 is 0 Å². The van der Waals surface area contributed by atoms with Gasteiger partial charge < -0.3 is 21.3 Å². The van der Waals surface area contributed by atoms with Crippen LogP contribution in [0.4, 0.5) is 11.4 Å². The summed E-state index contributed by atoms with van der Waals surface area (Å²) in [7, 11) is 0. The first-order chi connectivity index (χ1) is 17.1. The van der Waals surface area contributed by atoms with Crippen molar-refractivity contribution < 1.29 is 9.59 Å². The van der Waals surface area contributed by atoms with Gasteiger partial charge in [0.1, 0.15) is 11.7 Å². The van der Waals surface area contributed by atoms with Crippen molar-refractivity contribution in [1.29, 1.82) is 0 Å². The Kier molecular flexibility index (Phi) is 8.02. The van der Waals surface area contributed by atoms with E-state index in [-0.39, 0.29) is 24.2 Å². The van der Waals surface area contributed by atoms with Crippen molar-refractivity contribution in [3.05, 3.63) is 93.5 Å². The van der Waals surface area contributed by atoms with Crippen LogP contribution in [0.2, 0.25) is 0 Å². The fourth-order valence-corrected chi connectivity index (χ4v) is 4.27. The lowest BCUT2D eigenvalue weighted by Crippen LogP contribution is -2.19. The summed E-state index contributed by atoms with van der Waals surface area (Å²) in [6.07, 6.45) is 0. The van der Waals surface area contributed by atoms with Crippen molar-refractivity contribution in [3.8, 4) is 0 Å². The lowest BCUT2D eigenvalue weighted by atomic mass is 10.1. The number of nitrogens with one attached hydrogen (secondary N) is 4. The first-order valence-electron chi connectivity index (χ1n) is 11.3. The molecule has 0 saturated heterocycles. The Morgan fingerprint density at radius 3 is 1.69 bits per heavy atom. The Hall–Kier alpha value is -3.69. The highest BCUT2D eigenvalue weighted by atomic mass is 79.9. The van der Waals surface area contributed by atoms with E-state index in [2.05, 4.69) is 47.2 Å². The van der Waals surface area contributed by atoms with Crippen LogP contribution < -0.4 is 21.3 Å². The molecule has 0 radical (unpaired) electrons. The molecule has 36 heavy (non-hydrogen) atoms. The molecule has 0 unspecified atom stereocenters. The summed E-state index contributed by atoms with van der Waals surface area (Å²) < 4.78 is 0.599. The zero-order valence-corrected chi connectivity index (χ0v) is 21.6. The fraction of sp³-hybridized carbons (Fsp3) is 0.154. The average Bonchev–Trinajstić information content (AvgIpc) is 3.60. The molecular formula is C26H24BrClN6O2. The van der Waals surface area contributed by atoms with Crippen molar-refractivity contribution in [3.63, 3.8) is 0 Å². The lowest BCUT2D eigenvalue weighted by Gasteiger charge is -2.11. The van der Waals surface area contributed by atoms with Crippen LogP contribution in [0.15, 0.2) is 81.2 Å². The summed E-state index contributed by atoms with van der Waals surface area (Å²) >= 11 is 3.42. The van der Waals surface area contributed by atoms with Gasteiger partial charge in [-0.3, -0.25) is 19.6 Å². The second-order valence-electron chi connectivity index (χ2n) is 8.07. The molecule has 184 valence electrons. The Balaban J connectivity index is 0.00000304. The minimum atomic E-state index is -0.315. The molecule has 2 aliphatic rings. The zero-order valence-electron chi connectivity index (χ0n) is 19.2. The molecule has 0 saturated carbocycles. The Bertz CT molecular complexity index is 1340. The molecule has 2 amide bonds. The summed E-state index contributed by atoms with van der Waals surface area (Å²) in [4.78, 5) is 34.6. The van der Waals surface area contributed by atoms with Crippen LogP contribution in [-0.2, 0) is 0 Å². The third-order valence-electron chi connectivity index (χ3n) is 5.65. The molecule has 3 aromatic carbocycles. The minimum absolute atomic E-state index is 0. The van der Waals surface area contributed by atoms with E-state index in [1.54, 1.807) is 18.2 Å². The van der Waals surface area contributed by atoms with Gasteiger partial charge in [0.2, 0.25) is 0 Å². The third-order valence-corrected chi connectivity index (χ3v) is 6.35. The van der Waals surface area contributed by atoms with Crippen LogP contribution in [0.25, 0.3) is 0 Å². The summed E-state index contributed by atoms with van der Waals surface area (Å²) in [5.74, 6) is 1.11. The maximum absolute atomic E-state index is 12.9. The van der Waals surface area contributed by atoms with Gasteiger partial charge in [-0.25, -0.2) is 0 Å². The minimum Gasteiger partial charge on any atom is -0.368 e. The number of hydrogen-bond acceptors (Lipinski definition) is 6. The number of amidine groups is 2. The van der Waals surface area contributed by atoms with E-state index in [0.717, 1.165) is 49.0 Å². The van der Waals surface area contributed by atoms with Crippen LogP contribution in [0.1, 0.15) is 31.8 Å². The number of hydrogen-bond donors (Lipinski definition) is 4. The van der Waals surface area contributed by atoms with Crippen molar-refractivity contribution in [2.24, 2.45) is 9.98 Å². The normalized spacial score (nSPS) is 14.0. The molecule has 4 N–H and O–H groups in total. The Morgan fingerprint density at radius 1 is 0.722 bits per heavy atom. The fourth-order valence-electron chi connectivity index (χ4n) is 3.85. The van der Waals surface area contributed by atoms with Gasteiger partial charge in [-0.15, -0.1) is 12.4 Å². The van der Waals surface area contributed by atoms with Crippen LogP contribution in [-0.4, -0.2) is 49.7 Å². The smallest absolute Gasteiger partial charge is 0.256 e. The highest BCUT2D eigenvalue weighted by molar-refractivity contribution is 9.10. The topological polar surface area (TPSA) is 107 Å². The molecule has 0 spiro atoms. The van der Waals surface area contributed by atoms with Gasteiger partial charge in [0.25, 0.3) is 11.8 Å². The molecule has 8 nitrogen and oxygen atoms in total. The van der Waals surface area contributed by atoms with Gasteiger partial charge in [-0.05, 0) is 82.7 Å². The first kappa shape index (κ1) is 25.4. The number of carbonyl (C=O) groups excluding carboxylic acids is 2. The second-order valence-corrected chi connectivity index (χ2v) is 8.93. The van der Waals surface area contributed by atoms with Crippen molar-refractivity contribution >= 4 is 63.2 Å². The SMILES string of the molecule is Cl.O=C(Nc1ccc(C2=NCCN2)cc1)c1ccc(Br)c(C(=O)Nc2ccc(C3=NCCN3)cc2)c1. The molecule has 2 aliphatic heterocycles. The van der Waals surface area contributed by atoms with Gasteiger partial charge in [0.05, 0.1) is 18.7 Å². The highest BCUT2D eigenvalue weighted by Crippen LogP contribution is 2.22. The van der Waals surface area contributed by atoms with Crippen LogP contribution >= 0.6 is 28.3 Å². The predicted molar refractivity (Wildman–Crippen MR) is 149 cm³/mol. The van der Waals surface area contributed by atoms with E-state index >= 15 is 0 Å². The van der Waals surface area contributed by atoms with Crippen molar-refractivity contribution in [1.82, 2.24) is 10.6 Å². The van der Waals surface area contributed by atoms with Gasteiger partial charge in [0.15, 0.2) is 0 Å². The summed E-state index contributed by atoms with van der Waals surface area (Å²) in [6.45, 7) is 3.21. The van der Waals surface area contributed by atoms with Crippen LogP contribution in [0.3, 0.4) is 0 Å². The van der Waals surface area contributed by atoms with Gasteiger partial charge in [-0.1, -0.05) is 0 Å². The number of rotatable bonds is 6. The molecule has 0 aromatic heterocycles. The maximum atomic E-state index is 12.9. The van der Waals surface area contributed by atoms with E-state index in [4.69, 9.17) is 0 Å². The Morgan fingerprint density at radius 2 is 1.22 bits per heavy atom. The molecule has 2 heterocycles. The maximum Gasteiger partial charge on any atom is 0.256 e. The van der Waals surface area contributed by atoms with E-state index in [0.29, 0.717) is 27.0 Å². The molecule has 0 bridgehead atoms. The molecular weight excluding hydrogens is 544 g/mol. The lowest BCUT2D eigenvalue weighted by molar-refractivity contribution is 0.102. The van der Waals surface area contributed by atoms with Gasteiger partial charge in [-0.2, -0.15) is 0 Å². The predicted octanol–water partition coefficient (Wildman–Crippen LogP) is 4.08. The first-order valence-corrected chi connectivity index (χ1v) is 12.1. The summed E-state index contributed by atoms with van der Waals surface area (Å²) in [5.41, 5.74) is 4.01. The number of benzene rings is 3. The van der Waals surface area contributed by atoms with Crippen molar-refractivity contribution in [2.75, 3.05) is 36.8 Å². The monoisotopic (exact) mass is 566 g/mol. The molecule has 0 fully saturated rings. The quantitative estimate of drug-likeness (QED) is 0.360. The average molecular weight is 568 g/mol.